The van der Waals surface area contributed by atoms with E-state index in [1.165, 1.54) is 0 Å². The number of nitrogens with zero attached hydrogens (tertiary/aromatic N) is 1. The van der Waals surface area contributed by atoms with Gasteiger partial charge < -0.3 is 5.32 Å². The van der Waals surface area contributed by atoms with Gasteiger partial charge >= 0.3 is 0 Å². The zero-order chi connectivity index (χ0) is 18.4. The summed E-state index contributed by atoms with van der Waals surface area (Å²) in [7, 11) is -3.56. The second-order valence-electron chi connectivity index (χ2n) is 5.82. The fraction of sp³-hybridized carbons (Fsp3) is 0.278. The Kier molecular flexibility index (Phi) is 6.58. The molecule has 25 heavy (non-hydrogen) atoms. The van der Waals surface area contributed by atoms with E-state index in [0.29, 0.717) is 10.6 Å². The molecule has 0 aromatic heterocycles. The first-order valence-electron chi connectivity index (χ1n) is 7.80. The second kappa shape index (κ2) is 8.47. The molecule has 0 heterocycles. The van der Waals surface area contributed by atoms with Crippen LogP contribution in [0, 0.1) is 0 Å². The Morgan fingerprint density at radius 3 is 2.32 bits per heavy atom. The van der Waals surface area contributed by atoms with Crippen molar-refractivity contribution in [1.82, 2.24) is 9.62 Å². The highest BCUT2D eigenvalue weighted by molar-refractivity contribution is 7.88. The van der Waals surface area contributed by atoms with Crippen LogP contribution in [-0.4, -0.2) is 31.4 Å². The van der Waals surface area contributed by atoms with E-state index in [9.17, 15) is 13.2 Å². The molecule has 2 aromatic carbocycles. The average molecular weight is 381 g/mol. The number of carbonyl (C=O) groups is 1. The van der Waals surface area contributed by atoms with E-state index in [-0.39, 0.29) is 25.0 Å². The fourth-order valence-electron chi connectivity index (χ4n) is 2.38. The third-order valence-corrected chi connectivity index (χ3v) is 5.34. The quantitative estimate of drug-likeness (QED) is 0.803. The largest absolute Gasteiger partial charge is 0.348 e. The monoisotopic (exact) mass is 380 g/mol. The van der Waals surface area contributed by atoms with Crippen molar-refractivity contribution >= 4 is 27.5 Å². The number of rotatable bonds is 7. The minimum Gasteiger partial charge on any atom is -0.348 e. The van der Waals surface area contributed by atoms with Gasteiger partial charge in [0.05, 0.1) is 18.8 Å². The molecule has 0 saturated heterocycles. The van der Waals surface area contributed by atoms with E-state index in [1.807, 2.05) is 37.3 Å². The topological polar surface area (TPSA) is 66.5 Å². The molecule has 0 spiro atoms. The van der Waals surface area contributed by atoms with Gasteiger partial charge in [0, 0.05) is 11.6 Å². The summed E-state index contributed by atoms with van der Waals surface area (Å²) in [4.78, 5) is 12.3. The predicted molar refractivity (Wildman–Crippen MR) is 99.7 cm³/mol. The Bertz CT molecular complexity index is 825. The molecule has 1 N–H and O–H groups in total. The maximum absolute atomic E-state index is 12.3. The SMILES string of the molecule is C[C@@H](NC(=O)CN(Cc1ccccc1Cl)S(C)(=O)=O)c1ccccc1. The van der Waals surface area contributed by atoms with E-state index >= 15 is 0 Å². The van der Waals surface area contributed by atoms with Crippen LogP contribution in [0.5, 0.6) is 0 Å². The summed E-state index contributed by atoms with van der Waals surface area (Å²) < 4.78 is 25.2. The molecule has 0 fully saturated rings. The first kappa shape index (κ1) is 19.4. The lowest BCUT2D eigenvalue weighted by Crippen LogP contribution is -2.40. The maximum atomic E-state index is 12.3. The summed E-state index contributed by atoms with van der Waals surface area (Å²) in [6.45, 7) is 1.64. The lowest BCUT2D eigenvalue weighted by Gasteiger charge is -2.22. The van der Waals surface area contributed by atoms with E-state index in [1.54, 1.807) is 24.3 Å². The predicted octanol–water partition coefficient (Wildman–Crippen LogP) is 2.98. The van der Waals surface area contributed by atoms with Gasteiger partial charge in [-0.05, 0) is 24.1 Å². The smallest absolute Gasteiger partial charge is 0.235 e. The number of sulfonamides is 1. The van der Waals surface area contributed by atoms with Crippen molar-refractivity contribution in [2.45, 2.75) is 19.5 Å². The second-order valence-corrected chi connectivity index (χ2v) is 8.21. The van der Waals surface area contributed by atoms with Crippen LogP contribution in [0.4, 0.5) is 0 Å². The number of carbonyl (C=O) groups excluding carboxylic acids is 1. The number of hydrogen-bond acceptors (Lipinski definition) is 3. The Morgan fingerprint density at radius 1 is 1.12 bits per heavy atom. The van der Waals surface area contributed by atoms with E-state index in [4.69, 9.17) is 11.6 Å². The van der Waals surface area contributed by atoms with Gasteiger partial charge in [0.25, 0.3) is 0 Å². The van der Waals surface area contributed by atoms with Gasteiger partial charge in [0.15, 0.2) is 0 Å². The molecule has 0 radical (unpaired) electrons. The summed E-state index contributed by atoms with van der Waals surface area (Å²) in [5.41, 5.74) is 1.60. The zero-order valence-corrected chi connectivity index (χ0v) is 15.7. The number of benzene rings is 2. The first-order chi connectivity index (χ1) is 11.8. The molecule has 5 nitrogen and oxygen atoms in total. The van der Waals surface area contributed by atoms with Gasteiger partial charge in [-0.3, -0.25) is 4.79 Å². The summed E-state index contributed by atoms with van der Waals surface area (Å²) in [5.74, 6) is -0.367. The Hall–Kier alpha value is -1.89. The van der Waals surface area contributed by atoms with Crippen LogP contribution in [0.1, 0.15) is 24.1 Å². The van der Waals surface area contributed by atoms with E-state index in [0.717, 1.165) is 16.1 Å². The van der Waals surface area contributed by atoms with Gasteiger partial charge in [-0.1, -0.05) is 60.1 Å². The molecule has 0 aliphatic rings. The molecule has 2 rings (SSSR count). The van der Waals surface area contributed by atoms with Gasteiger partial charge in [0.2, 0.25) is 15.9 Å². The summed E-state index contributed by atoms with van der Waals surface area (Å²) in [6.07, 6.45) is 1.08. The number of hydrogen-bond donors (Lipinski definition) is 1. The van der Waals surface area contributed by atoms with Crippen molar-refractivity contribution in [2.24, 2.45) is 0 Å². The summed E-state index contributed by atoms with van der Waals surface area (Å²) in [5, 5.41) is 3.29. The Labute approximate surface area is 153 Å². The Balaban J connectivity index is 2.07. The van der Waals surface area contributed by atoms with Crippen molar-refractivity contribution < 1.29 is 13.2 Å². The van der Waals surface area contributed by atoms with Gasteiger partial charge in [-0.15, -0.1) is 0 Å². The van der Waals surface area contributed by atoms with Gasteiger partial charge in [0.1, 0.15) is 0 Å². The third-order valence-electron chi connectivity index (χ3n) is 3.77. The van der Waals surface area contributed by atoms with Crippen LogP contribution in [0.15, 0.2) is 54.6 Å². The van der Waals surface area contributed by atoms with Crippen molar-refractivity contribution in [3.05, 3.63) is 70.7 Å². The van der Waals surface area contributed by atoms with Gasteiger partial charge in [-0.25, -0.2) is 8.42 Å². The highest BCUT2D eigenvalue weighted by atomic mass is 35.5. The summed E-state index contributed by atoms with van der Waals surface area (Å²) in [6, 6.07) is 16.2. The molecule has 0 unspecified atom stereocenters. The molecule has 0 aliphatic carbocycles. The van der Waals surface area contributed by atoms with Crippen LogP contribution in [0.3, 0.4) is 0 Å². The van der Waals surface area contributed by atoms with Crippen molar-refractivity contribution in [2.75, 3.05) is 12.8 Å². The molecular weight excluding hydrogens is 360 g/mol. The molecule has 2 aromatic rings. The minimum absolute atomic E-state index is 0.0473. The van der Waals surface area contributed by atoms with E-state index in [2.05, 4.69) is 5.32 Å². The molecular formula is C18H21ClN2O3S. The van der Waals surface area contributed by atoms with Crippen LogP contribution < -0.4 is 5.32 Å². The van der Waals surface area contributed by atoms with Gasteiger partial charge in [-0.2, -0.15) is 4.31 Å². The molecule has 0 aliphatic heterocycles. The van der Waals surface area contributed by atoms with E-state index < -0.39 is 10.0 Å². The maximum Gasteiger partial charge on any atom is 0.235 e. The van der Waals surface area contributed by atoms with Crippen LogP contribution in [0.25, 0.3) is 0 Å². The van der Waals surface area contributed by atoms with Crippen LogP contribution in [0.2, 0.25) is 5.02 Å². The average Bonchev–Trinajstić information content (AvgIpc) is 2.56. The number of amides is 1. The lowest BCUT2D eigenvalue weighted by molar-refractivity contribution is -0.122. The highest BCUT2D eigenvalue weighted by Gasteiger charge is 2.22. The fourth-order valence-corrected chi connectivity index (χ4v) is 3.30. The Morgan fingerprint density at radius 2 is 1.72 bits per heavy atom. The normalized spacial score (nSPS) is 12.8. The minimum atomic E-state index is -3.56. The highest BCUT2D eigenvalue weighted by Crippen LogP contribution is 2.18. The molecule has 134 valence electrons. The molecule has 0 bridgehead atoms. The molecule has 1 atom stereocenters. The number of nitrogens with one attached hydrogen (secondary N) is 1. The van der Waals surface area contributed by atoms with Crippen molar-refractivity contribution in [1.29, 1.82) is 0 Å². The van der Waals surface area contributed by atoms with Crippen LogP contribution >= 0.6 is 11.6 Å². The first-order valence-corrected chi connectivity index (χ1v) is 10.0. The lowest BCUT2D eigenvalue weighted by atomic mass is 10.1. The molecule has 1 amide bonds. The molecule has 0 saturated carbocycles. The summed E-state index contributed by atoms with van der Waals surface area (Å²) >= 11 is 6.10. The van der Waals surface area contributed by atoms with Crippen LogP contribution in [-0.2, 0) is 21.4 Å². The number of halogens is 1. The third kappa shape index (κ3) is 5.85. The van der Waals surface area contributed by atoms with Crippen molar-refractivity contribution in [3.8, 4) is 0 Å². The standard InChI is InChI=1S/C18H21ClN2O3S/c1-14(15-8-4-3-5-9-15)20-18(22)13-21(25(2,23)24)12-16-10-6-7-11-17(16)19/h3-11,14H,12-13H2,1-2H3,(H,20,22)/t14-/m1/s1. The zero-order valence-electron chi connectivity index (χ0n) is 14.1. The van der Waals surface area contributed by atoms with Crippen molar-refractivity contribution in [3.63, 3.8) is 0 Å². The molecule has 7 heteroatoms.